The van der Waals surface area contributed by atoms with E-state index in [2.05, 4.69) is 22.2 Å². The number of thioether (sulfide) groups is 1. The van der Waals surface area contributed by atoms with Crippen LogP contribution in [0, 0.1) is 6.92 Å². The number of morpholine rings is 1. The minimum Gasteiger partial charge on any atom is -0.378 e. The molecular weight excluding hydrogens is 400 g/mol. The average Bonchev–Trinajstić information content (AvgIpc) is 3.17. The molecule has 1 amide bonds. The number of ether oxygens (including phenoxy) is 1. The highest BCUT2D eigenvalue weighted by Crippen LogP contribution is 2.27. The zero-order chi connectivity index (χ0) is 20.9. The molecule has 8 nitrogen and oxygen atoms in total. The molecule has 1 aliphatic heterocycles. The molecule has 1 N–H and O–H groups in total. The van der Waals surface area contributed by atoms with E-state index in [0.29, 0.717) is 31.9 Å². The van der Waals surface area contributed by atoms with Crippen LogP contribution in [0.2, 0.25) is 0 Å². The van der Waals surface area contributed by atoms with Crippen LogP contribution < -0.4 is 10.2 Å². The van der Waals surface area contributed by atoms with E-state index in [-0.39, 0.29) is 5.91 Å². The number of benzene rings is 1. The van der Waals surface area contributed by atoms with Crippen LogP contribution in [0.1, 0.15) is 22.8 Å². The monoisotopic (exact) mass is 426 g/mol. The molecular formula is C21H26N6O2S. The van der Waals surface area contributed by atoms with Gasteiger partial charge in [-0.25, -0.2) is 14.6 Å². The van der Waals surface area contributed by atoms with Gasteiger partial charge in [0.15, 0.2) is 10.8 Å². The maximum Gasteiger partial charge on any atom is 0.251 e. The highest BCUT2D eigenvalue weighted by Gasteiger charge is 2.20. The number of carbonyl (C=O) groups is 1. The number of anilines is 1. The van der Waals surface area contributed by atoms with Gasteiger partial charge in [0.05, 0.1) is 31.3 Å². The van der Waals surface area contributed by atoms with Crippen molar-refractivity contribution in [3.63, 3.8) is 0 Å². The van der Waals surface area contributed by atoms with Crippen LogP contribution in [0.15, 0.2) is 35.6 Å². The first-order chi connectivity index (χ1) is 14.7. The molecule has 1 fully saturated rings. The highest BCUT2D eigenvalue weighted by molar-refractivity contribution is 7.99. The van der Waals surface area contributed by atoms with Gasteiger partial charge in [-0.3, -0.25) is 4.79 Å². The van der Waals surface area contributed by atoms with Gasteiger partial charge < -0.3 is 15.0 Å². The lowest BCUT2D eigenvalue weighted by molar-refractivity contribution is 0.0952. The molecule has 0 radical (unpaired) electrons. The minimum atomic E-state index is -0.0824. The van der Waals surface area contributed by atoms with Crippen molar-refractivity contribution < 1.29 is 9.53 Å². The molecule has 0 bridgehead atoms. The first kappa shape index (κ1) is 20.6. The van der Waals surface area contributed by atoms with Crippen LogP contribution in [0.3, 0.4) is 0 Å². The summed E-state index contributed by atoms with van der Waals surface area (Å²) in [5.41, 5.74) is 2.53. The van der Waals surface area contributed by atoms with Crippen molar-refractivity contribution in [3.05, 3.63) is 41.6 Å². The number of nitrogens with zero attached hydrogens (tertiary/aromatic N) is 5. The molecule has 3 heterocycles. The summed E-state index contributed by atoms with van der Waals surface area (Å²) in [6, 6.07) is 7.57. The lowest BCUT2D eigenvalue weighted by Crippen LogP contribution is -2.37. The zero-order valence-corrected chi connectivity index (χ0v) is 18.1. The fourth-order valence-electron chi connectivity index (χ4n) is 3.46. The third-order valence-electron chi connectivity index (χ3n) is 4.93. The molecule has 0 spiro atoms. The molecule has 2 aromatic heterocycles. The van der Waals surface area contributed by atoms with Gasteiger partial charge in [-0.05, 0) is 24.8 Å². The van der Waals surface area contributed by atoms with Crippen LogP contribution in [0.5, 0.6) is 0 Å². The summed E-state index contributed by atoms with van der Waals surface area (Å²) in [7, 11) is 0. The SMILES string of the molecule is CCSc1nc(N2CCOCC2)c2cnn(CCNC(=O)c3cccc(C)c3)c2n1. The maximum absolute atomic E-state index is 12.4. The number of carbonyl (C=O) groups excluding carboxylic acids is 1. The summed E-state index contributed by atoms with van der Waals surface area (Å²) in [6.45, 7) is 8.07. The number of nitrogens with one attached hydrogen (secondary N) is 1. The van der Waals surface area contributed by atoms with Crippen molar-refractivity contribution in [3.8, 4) is 0 Å². The number of aromatic nitrogens is 4. The van der Waals surface area contributed by atoms with Gasteiger partial charge in [-0.2, -0.15) is 5.10 Å². The Morgan fingerprint density at radius 1 is 1.27 bits per heavy atom. The Bertz CT molecular complexity index is 1030. The number of rotatable bonds is 7. The van der Waals surface area contributed by atoms with E-state index in [9.17, 15) is 4.79 Å². The maximum atomic E-state index is 12.4. The molecule has 1 aliphatic rings. The fraction of sp³-hybridized carbons (Fsp3) is 0.429. The fourth-order valence-corrected chi connectivity index (χ4v) is 4.02. The Morgan fingerprint density at radius 3 is 2.87 bits per heavy atom. The van der Waals surface area contributed by atoms with Crippen molar-refractivity contribution >= 4 is 34.5 Å². The summed E-state index contributed by atoms with van der Waals surface area (Å²) in [5.74, 6) is 1.73. The molecule has 0 aliphatic carbocycles. The van der Waals surface area contributed by atoms with Crippen LogP contribution in [0.4, 0.5) is 5.82 Å². The summed E-state index contributed by atoms with van der Waals surface area (Å²) >= 11 is 1.62. The Balaban J connectivity index is 1.52. The number of aryl methyl sites for hydroxylation is 1. The van der Waals surface area contributed by atoms with E-state index >= 15 is 0 Å². The standard InChI is InChI=1S/C21H26N6O2S/c1-3-30-21-24-18(26-9-11-29-12-10-26)17-14-23-27(19(17)25-21)8-7-22-20(28)16-6-4-5-15(2)13-16/h4-6,13-14H,3,7-12H2,1-2H3,(H,22,28). The molecule has 1 aromatic carbocycles. The van der Waals surface area contributed by atoms with Crippen molar-refractivity contribution in [1.82, 2.24) is 25.1 Å². The minimum absolute atomic E-state index is 0.0824. The van der Waals surface area contributed by atoms with Gasteiger partial charge in [-0.15, -0.1) is 0 Å². The van der Waals surface area contributed by atoms with E-state index < -0.39 is 0 Å². The Labute approximate surface area is 180 Å². The smallest absolute Gasteiger partial charge is 0.251 e. The van der Waals surface area contributed by atoms with Gasteiger partial charge >= 0.3 is 0 Å². The predicted octanol–water partition coefficient (Wildman–Crippen LogP) is 2.51. The van der Waals surface area contributed by atoms with E-state index in [0.717, 1.165) is 46.4 Å². The first-order valence-electron chi connectivity index (χ1n) is 10.2. The van der Waals surface area contributed by atoms with Crippen LogP contribution >= 0.6 is 11.8 Å². The highest BCUT2D eigenvalue weighted by atomic mass is 32.2. The lowest BCUT2D eigenvalue weighted by Gasteiger charge is -2.28. The molecule has 4 rings (SSSR count). The molecule has 1 saturated heterocycles. The Morgan fingerprint density at radius 2 is 2.10 bits per heavy atom. The Hall–Kier alpha value is -2.65. The largest absolute Gasteiger partial charge is 0.378 e. The van der Waals surface area contributed by atoms with E-state index in [1.807, 2.05) is 42.1 Å². The number of amides is 1. The second kappa shape index (κ2) is 9.44. The molecule has 30 heavy (non-hydrogen) atoms. The molecule has 3 aromatic rings. The number of hydrogen-bond acceptors (Lipinski definition) is 7. The summed E-state index contributed by atoms with van der Waals surface area (Å²) in [5, 5.41) is 9.18. The first-order valence-corrected chi connectivity index (χ1v) is 11.2. The van der Waals surface area contributed by atoms with E-state index in [1.165, 1.54) is 0 Å². The normalized spacial score (nSPS) is 14.3. The predicted molar refractivity (Wildman–Crippen MR) is 118 cm³/mol. The third kappa shape index (κ3) is 4.57. The van der Waals surface area contributed by atoms with Gasteiger partial charge in [-0.1, -0.05) is 36.4 Å². The summed E-state index contributed by atoms with van der Waals surface area (Å²) in [6.07, 6.45) is 1.82. The van der Waals surface area contributed by atoms with Crippen molar-refractivity contribution in [2.24, 2.45) is 0 Å². The van der Waals surface area contributed by atoms with Gasteiger partial charge in [0.2, 0.25) is 0 Å². The van der Waals surface area contributed by atoms with Crippen LogP contribution in [-0.2, 0) is 11.3 Å². The van der Waals surface area contributed by atoms with Crippen molar-refractivity contribution in [2.75, 3.05) is 43.5 Å². The molecule has 158 valence electrons. The Kier molecular flexibility index (Phi) is 6.49. The second-order valence-electron chi connectivity index (χ2n) is 7.09. The van der Waals surface area contributed by atoms with Gasteiger partial charge in [0.1, 0.15) is 5.82 Å². The molecule has 0 saturated carbocycles. The van der Waals surface area contributed by atoms with Crippen molar-refractivity contribution in [2.45, 2.75) is 25.5 Å². The van der Waals surface area contributed by atoms with Crippen LogP contribution in [-0.4, -0.2) is 64.3 Å². The molecule has 0 atom stereocenters. The topological polar surface area (TPSA) is 85.2 Å². The molecule has 0 unspecified atom stereocenters. The van der Waals surface area contributed by atoms with E-state index in [1.54, 1.807) is 11.8 Å². The van der Waals surface area contributed by atoms with Gasteiger partial charge in [0, 0.05) is 25.2 Å². The van der Waals surface area contributed by atoms with E-state index in [4.69, 9.17) is 14.7 Å². The average molecular weight is 427 g/mol. The zero-order valence-electron chi connectivity index (χ0n) is 17.3. The third-order valence-corrected chi connectivity index (χ3v) is 5.66. The number of fused-ring (bicyclic) bond motifs is 1. The summed E-state index contributed by atoms with van der Waals surface area (Å²) < 4.78 is 7.33. The van der Waals surface area contributed by atoms with Gasteiger partial charge in [0.25, 0.3) is 5.91 Å². The number of hydrogen-bond donors (Lipinski definition) is 1. The quantitative estimate of drug-likeness (QED) is 0.459. The van der Waals surface area contributed by atoms with Crippen molar-refractivity contribution in [1.29, 1.82) is 0 Å². The second-order valence-corrected chi connectivity index (χ2v) is 8.32. The molecule has 9 heteroatoms. The summed E-state index contributed by atoms with van der Waals surface area (Å²) in [4.78, 5) is 24.1. The van der Waals surface area contributed by atoms with Crippen LogP contribution in [0.25, 0.3) is 11.0 Å². The lowest BCUT2D eigenvalue weighted by atomic mass is 10.1.